The number of hydrogen-bond acceptors (Lipinski definition) is 7. The predicted molar refractivity (Wildman–Crippen MR) is 138 cm³/mol. The summed E-state index contributed by atoms with van der Waals surface area (Å²) in [4.78, 5) is 34.5. The molecule has 0 aliphatic carbocycles. The Bertz CT molecular complexity index is 1060. The number of oxazole rings is 1. The molecule has 9 heteroatoms. The van der Waals surface area contributed by atoms with Crippen molar-refractivity contribution in [3.8, 4) is 11.5 Å². The monoisotopic (exact) mass is 513 g/mol. The topological polar surface area (TPSA) is 105 Å². The normalized spacial score (nSPS) is 20.9. The Labute approximate surface area is 218 Å². The molecule has 0 saturated carbocycles. The lowest BCUT2D eigenvalue weighted by Crippen LogP contribution is -2.44. The maximum atomic E-state index is 13.5. The molecule has 202 valence electrons. The number of aryl methyl sites for hydroxylation is 2. The third kappa shape index (κ3) is 6.44. The van der Waals surface area contributed by atoms with Gasteiger partial charge in [-0.1, -0.05) is 32.8 Å². The summed E-state index contributed by atoms with van der Waals surface area (Å²) < 4.78 is 16.7. The number of amides is 1. The molecule has 3 heterocycles. The molecule has 2 aromatic rings. The Kier molecular flexibility index (Phi) is 9.08. The summed E-state index contributed by atoms with van der Waals surface area (Å²) in [5.41, 5.74) is 0.886. The zero-order chi connectivity index (χ0) is 26.4. The molecule has 9 nitrogen and oxygen atoms in total. The maximum Gasteiger partial charge on any atom is 0.308 e. The van der Waals surface area contributed by atoms with E-state index in [-0.39, 0.29) is 31.2 Å². The number of unbranched alkanes of at least 4 members (excludes halogenated alkanes) is 2. The molecule has 1 aromatic heterocycles. The molecule has 1 N–H and O–H groups in total. The minimum atomic E-state index is -0.861. The molecule has 0 spiro atoms. The van der Waals surface area contributed by atoms with Gasteiger partial charge in [0.1, 0.15) is 5.76 Å². The van der Waals surface area contributed by atoms with E-state index in [0.717, 1.165) is 50.1 Å². The number of fused-ring (bicyclic) bond motifs is 1. The van der Waals surface area contributed by atoms with Crippen molar-refractivity contribution >= 4 is 11.9 Å². The number of nitrogens with zero attached hydrogens (tertiary/aromatic N) is 3. The summed E-state index contributed by atoms with van der Waals surface area (Å²) >= 11 is 0. The van der Waals surface area contributed by atoms with Crippen molar-refractivity contribution in [3.63, 3.8) is 0 Å². The summed E-state index contributed by atoms with van der Waals surface area (Å²) in [6.45, 7) is 8.40. The number of carboxylic acid groups (broad SMARTS) is 1. The molecular weight excluding hydrogens is 474 g/mol. The molecule has 4 rings (SSSR count). The first-order chi connectivity index (χ1) is 17.9. The van der Waals surface area contributed by atoms with Gasteiger partial charge in [-0.2, -0.15) is 0 Å². The van der Waals surface area contributed by atoms with Gasteiger partial charge >= 0.3 is 5.97 Å². The standard InChI is InChI=1S/C28H39N3O6/c1-4-6-12-30(13-7-5-2)26(32)17-31-16-21(20-8-10-23-24(14-20)36-18-35-23)27(28(33)34)22(31)9-11-25-29-15-19(3)37-25/h8,10,14-15,21-22,27H,4-7,9,11-13,16-18H2,1-3H3,(H,33,34)/t21-,22-,27+/m1/s1. The zero-order valence-corrected chi connectivity index (χ0v) is 22.1. The number of rotatable bonds is 13. The van der Waals surface area contributed by atoms with Crippen molar-refractivity contribution in [1.82, 2.24) is 14.8 Å². The minimum absolute atomic E-state index is 0.0642. The highest BCUT2D eigenvalue weighted by atomic mass is 16.7. The number of carboxylic acids is 1. The average Bonchev–Trinajstić information content (AvgIpc) is 3.60. The minimum Gasteiger partial charge on any atom is -0.481 e. The third-order valence-corrected chi connectivity index (χ3v) is 7.44. The molecule has 37 heavy (non-hydrogen) atoms. The van der Waals surface area contributed by atoms with Gasteiger partial charge in [0.25, 0.3) is 0 Å². The first-order valence-electron chi connectivity index (χ1n) is 13.5. The SMILES string of the molecule is CCCCN(CCCC)C(=O)CN1C[C@H](c2ccc3c(c2)OCO3)[C@H](C(=O)O)[C@H]1CCc1ncc(C)o1. The van der Waals surface area contributed by atoms with Crippen LogP contribution in [0.15, 0.2) is 28.8 Å². The van der Waals surface area contributed by atoms with Crippen LogP contribution >= 0.6 is 0 Å². The lowest BCUT2D eigenvalue weighted by Gasteiger charge is -2.29. The molecular formula is C28H39N3O6. The number of aromatic nitrogens is 1. The highest BCUT2D eigenvalue weighted by Gasteiger charge is 2.47. The van der Waals surface area contributed by atoms with Gasteiger partial charge in [-0.05, 0) is 43.9 Å². The summed E-state index contributed by atoms with van der Waals surface area (Å²) in [6, 6.07) is 5.32. The summed E-state index contributed by atoms with van der Waals surface area (Å²) in [5, 5.41) is 10.4. The molecule has 0 unspecified atom stereocenters. The van der Waals surface area contributed by atoms with Crippen LogP contribution in [-0.2, 0) is 16.0 Å². The smallest absolute Gasteiger partial charge is 0.308 e. The van der Waals surface area contributed by atoms with Gasteiger partial charge in [-0.15, -0.1) is 0 Å². The first kappa shape index (κ1) is 27.0. The Hall–Kier alpha value is -3.07. The molecule has 1 amide bonds. The van der Waals surface area contributed by atoms with E-state index in [2.05, 4.69) is 23.7 Å². The number of ether oxygens (including phenoxy) is 2. The Morgan fingerprint density at radius 2 is 1.86 bits per heavy atom. The van der Waals surface area contributed by atoms with Crippen molar-refractivity contribution in [3.05, 3.63) is 41.6 Å². The van der Waals surface area contributed by atoms with E-state index in [1.54, 1.807) is 6.20 Å². The molecule has 0 bridgehead atoms. The van der Waals surface area contributed by atoms with Crippen molar-refractivity contribution in [1.29, 1.82) is 0 Å². The molecule has 2 aliphatic rings. The summed E-state index contributed by atoms with van der Waals surface area (Å²) in [6.07, 6.45) is 6.68. The van der Waals surface area contributed by atoms with Crippen LogP contribution < -0.4 is 9.47 Å². The van der Waals surface area contributed by atoms with Crippen molar-refractivity contribution in [2.75, 3.05) is 33.0 Å². The van der Waals surface area contributed by atoms with Crippen LogP contribution in [0.25, 0.3) is 0 Å². The first-order valence-corrected chi connectivity index (χ1v) is 13.5. The van der Waals surface area contributed by atoms with Gasteiger partial charge in [0.05, 0.1) is 18.7 Å². The third-order valence-electron chi connectivity index (χ3n) is 7.44. The number of carbonyl (C=O) groups excluding carboxylic acids is 1. The van der Waals surface area contributed by atoms with Crippen LogP contribution in [-0.4, -0.2) is 70.8 Å². The lowest BCUT2D eigenvalue weighted by atomic mass is 9.83. The van der Waals surface area contributed by atoms with E-state index in [9.17, 15) is 14.7 Å². The molecule has 0 radical (unpaired) electrons. The Balaban J connectivity index is 1.58. The summed E-state index contributed by atoms with van der Waals surface area (Å²) in [5.74, 6) is 0.859. The second-order valence-corrected chi connectivity index (χ2v) is 10.1. The van der Waals surface area contributed by atoms with Crippen LogP contribution in [0.1, 0.15) is 69.1 Å². The van der Waals surface area contributed by atoms with Gasteiger partial charge in [0, 0.05) is 38.0 Å². The highest BCUT2D eigenvalue weighted by Crippen LogP contribution is 2.43. The summed E-state index contributed by atoms with van der Waals surface area (Å²) in [7, 11) is 0. The zero-order valence-electron chi connectivity index (χ0n) is 22.1. The quantitative estimate of drug-likeness (QED) is 0.424. The highest BCUT2D eigenvalue weighted by molar-refractivity contribution is 5.79. The number of benzene rings is 1. The fourth-order valence-corrected chi connectivity index (χ4v) is 5.46. The molecule has 1 fully saturated rings. The molecule has 3 atom stereocenters. The maximum absolute atomic E-state index is 13.5. The molecule has 2 aliphatic heterocycles. The van der Waals surface area contributed by atoms with Gasteiger partial charge in [-0.3, -0.25) is 14.5 Å². The van der Waals surface area contributed by atoms with E-state index in [0.29, 0.717) is 36.8 Å². The van der Waals surface area contributed by atoms with Gasteiger partial charge in [0.2, 0.25) is 12.7 Å². The van der Waals surface area contributed by atoms with Crippen LogP contribution in [0, 0.1) is 12.8 Å². The van der Waals surface area contributed by atoms with E-state index >= 15 is 0 Å². The lowest BCUT2D eigenvalue weighted by molar-refractivity contribution is -0.143. The van der Waals surface area contributed by atoms with Crippen molar-refractivity contribution < 1.29 is 28.6 Å². The number of hydrogen-bond donors (Lipinski definition) is 1. The fourth-order valence-electron chi connectivity index (χ4n) is 5.46. The molecule has 1 aromatic carbocycles. The number of carbonyl (C=O) groups is 2. The van der Waals surface area contributed by atoms with E-state index < -0.39 is 11.9 Å². The number of aliphatic carboxylic acids is 1. The van der Waals surface area contributed by atoms with E-state index in [1.165, 1.54) is 0 Å². The van der Waals surface area contributed by atoms with Crippen molar-refractivity contribution in [2.45, 2.75) is 71.3 Å². The molecule has 1 saturated heterocycles. The van der Waals surface area contributed by atoms with E-state index in [4.69, 9.17) is 13.9 Å². The number of likely N-dealkylation sites (tertiary alicyclic amines) is 1. The van der Waals surface area contributed by atoms with Crippen LogP contribution in [0.2, 0.25) is 0 Å². The average molecular weight is 514 g/mol. The second-order valence-electron chi connectivity index (χ2n) is 10.1. The van der Waals surface area contributed by atoms with Crippen LogP contribution in [0.5, 0.6) is 11.5 Å². The van der Waals surface area contributed by atoms with Crippen LogP contribution in [0.3, 0.4) is 0 Å². The van der Waals surface area contributed by atoms with Gasteiger partial charge in [-0.25, -0.2) is 4.98 Å². The Morgan fingerprint density at radius 3 is 2.51 bits per heavy atom. The largest absolute Gasteiger partial charge is 0.481 e. The van der Waals surface area contributed by atoms with Crippen molar-refractivity contribution in [2.24, 2.45) is 5.92 Å². The van der Waals surface area contributed by atoms with Crippen LogP contribution in [0.4, 0.5) is 0 Å². The van der Waals surface area contributed by atoms with Gasteiger partial charge < -0.3 is 23.9 Å². The van der Waals surface area contributed by atoms with E-state index in [1.807, 2.05) is 30.0 Å². The Morgan fingerprint density at radius 1 is 1.14 bits per heavy atom. The fraction of sp³-hybridized carbons (Fsp3) is 0.607. The second kappa shape index (κ2) is 12.4. The van der Waals surface area contributed by atoms with Gasteiger partial charge in [0.15, 0.2) is 17.4 Å². The predicted octanol–water partition coefficient (Wildman–Crippen LogP) is 4.24.